The number of hydrogen-bond acceptors (Lipinski definition) is 4. The van der Waals surface area contributed by atoms with Crippen LogP contribution in [0.4, 0.5) is 10.1 Å². The van der Waals surface area contributed by atoms with Gasteiger partial charge in [0.1, 0.15) is 29.6 Å². The lowest BCUT2D eigenvalue weighted by Gasteiger charge is -2.16. The first kappa shape index (κ1) is 25.3. The zero-order chi connectivity index (χ0) is 25.1. The van der Waals surface area contributed by atoms with Crippen molar-refractivity contribution in [3.05, 3.63) is 92.3 Å². The van der Waals surface area contributed by atoms with E-state index in [4.69, 9.17) is 21.7 Å². The van der Waals surface area contributed by atoms with Crippen LogP contribution in [0.3, 0.4) is 0 Å². The van der Waals surface area contributed by atoms with Crippen molar-refractivity contribution in [2.24, 2.45) is 0 Å². The van der Waals surface area contributed by atoms with Gasteiger partial charge in [-0.25, -0.2) is 4.39 Å². The summed E-state index contributed by atoms with van der Waals surface area (Å²) in [7, 11) is 1.77. The number of ether oxygens (including phenoxy) is 2. The van der Waals surface area contributed by atoms with Crippen LogP contribution < -0.4 is 14.4 Å². The van der Waals surface area contributed by atoms with Crippen molar-refractivity contribution in [2.75, 3.05) is 18.6 Å². The maximum absolute atomic E-state index is 13.4. The molecule has 1 aliphatic heterocycles. The number of amides is 1. The van der Waals surface area contributed by atoms with Crippen molar-refractivity contribution >= 4 is 66.9 Å². The molecule has 1 fully saturated rings. The molecule has 9 heteroatoms. The van der Waals surface area contributed by atoms with E-state index >= 15 is 0 Å². The first-order chi connectivity index (χ1) is 16.8. The summed E-state index contributed by atoms with van der Waals surface area (Å²) in [6.07, 6.45) is 1.77. The fourth-order valence-corrected chi connectivity index (χ4v) is 5.32. The molecular formula is C26H21Br2FN2O3S. The number of carbonyl (C=O) groups excluding carboxylic acids is 1. The van der Waals surface area contributed by atoms with E-state index in [1.54, 1.807) is 30.2 Å². The summed E-state index contributed by atoms with van der Waals surface area (Å²) in [5.41, 5.74) is 2.60. The Kier molecular flexibility index (Phi) is 7.88. The minimum Gasteiger partial charge on any atom is -0.494 e. The number of thiocarbonyl (C=S) groups is 1. The lowest BCUT2D eigenvalue weighted by atomic mass is 10.1. The summed E-state index contributed by atoms with van der Waals surface area (Å²) in [6.45, 7) is 2.69. The molecule has 1 heterocycles. The molecule has 180 valence electrons. The summed E-state index contributed by atoms with van der Waals surface area (Å²) in [4.78, 5) is 16.5. The number of likely N-dealkylation sites (N-methyl/N-ethyl adjacent to an activating group) is 1. The summed E-state index contributed by atoms with van der Waals surface area (Å²) < 4.78 is 26.2. The zero-order valence-corrected chi connectivity index (χ0v) is 22.9. The van der Waals surface area contributed by atoms with Crippen molar-refractivity contribution < 1.29 is 18.7 Å². The molecule has 1 amide bonds. The van der Waals surface area contributed by atoms with E-state index in [9.17, 15) is 9.18 Å². The van der Waals surface area contributed by atoms with Crippen LogP contribution in [-0.2, 0) is 11.4 Å². The molecule has 4 rings (SSSR count). The van der Waals surface area contributed by atoms with E-state index in [2.05, 4.69) is 31.9 Å². The van der Waals surface area contributed by atoms with Gasteiger partial charge in [-0.05, 0) is 117 Å². The highest BCUT2D eigenvalue weighted by atomic mass is 79.9. The Morgan fingerprint density at radius 2 is 1.71 bits per heavy atom. The highest BCUT2D eigenvalue weighted by molar-refractivity contribution is 9.11. The van der Waals surface area contributed by atoms with Crippen molar-refractivity contribution in [1.29, 1.82) is 0 Å². The van der Waals surface area contributed by atoms with Crippen LogP contribution in [0.2, 0.25) is 0 Å². The second kappa shape index (κ2) is 10.9. The third kappa shape index (κ3) is 5.58. The Bertz CT molecular complexity index is 1290. The first-order valence-corrected chi connectivity index (χ1v) is 12.7. The topological polar surface area (TPSA) is 42.0 Å². The zero-order valence-electron chi connectivity index (χ0n) is 18.9. The average Bonchev–Trinajstić information content (AvgIpc) is 3.02. The Morgan fingerprint density at radius 3 is 2.34 bits per heavy atom. The molecule has 3 aromatic rings. The molecule has 0 aliphatic carbocycles. The van der Waals surface area contributed by atoms with Crippen LogP contribution in [0.15, 0.2) is 75.3 Å². The standard InChI is InChI=1S/C26H21Br2FN2O3S/c1-3-33-20-9-7-19(8-10-20)31-25(32)23(30(2)26(31)35)14-17-12-21(27)24(22(28)13-17)34-15-16-5-4-6-18(29)11-16/h4-14H,3,15H2,1-2H3/b23-14-. The number of halogens is 3. The molecule has 0 aromatic heterocycles. The predicted molar refractivity (Wildman–Crippen MR) is 146 cm³/mol. The quantitative estimate of drug-likeness (QED) is 0.212. The Labute approximate surface area is 225 Å². The van der Waals surface area contributed by atoms with E-state index < -0.39 is 0 Å². The van der Waals surface area contributed by atoms with Crippen LogP contribution in [0.25, 0.3) is 6.08 Å². The number of hydrogen-bond donors (Lipinski definition) is 0. The van der Waals surface area contributed by atoms with Gasteiger partial charge in [0.15, 0.2) is 5.11 Å². The fourth-order valence-electron chi connectivity index (χ4n) is 3.58. The van der Waals surface area contributed by atoms with Gasteiger partial charge in [0.05, 0.1) is 21.2 Å². The highest BCUT2D eigenvalue weighted by Crippen LogP contribution is 2.37. The first-order valence-electron chi connectivity index (χ1n) is 10.7. The molecular weight excluding hydrogens is 599 g/mol. The van der Waals surface area contributed by atoms with E-state index in [0.29, 0.717) is 37.8 Å². The van der Waals surface area contributed by atoms with Crippen molar-refractivity contribution in [1.82, 2.24) is 4.90 Å². The van der Waals surface area contributed by atoms with Gasteiger partial charge in [0, 0.05) is 7.05 Å². The minimum atomic E-state index is -0.311. The maximum Gasteiger partial charge on any atom is 0.281 e. The van der Waals surface area contributed by atoms with Gasteiger partial charge in [0.2, 0.25) is 0 Å². The molecule has 0 spiro atoms. The summed E-state index contributed by atoms with van der Waals surface area (Å²) in [6, 6.07) is 17.2. The predicted octanol–water partition coefficient (Wildman–Crippen LogP) is 6.93. The van der Waals surface area contributed by atoms with Crippen LogP contribution in [-0.4, -0.2) is 29.6 Å². The second-order valence-corrected chi connectivity index (χ2v) is 9.74. The second-order valence-electron chi connectivity index (χ2n) is 7.67. The number of nitrogens with zero attached hydrogens (tertiary/aromatic N) is 2. The van der Waals surface area contributed by atoms with Crippen LogP contribution in [0, 0.1) is 5.82 Å². The van der Waals surface area contributed by atoms with Crippen LogP contribution in [0.5, 0.6) is 11.5 Å². The Balaban J connectivity index is 1.56. The Morgan fingerprint density at radius 1 is 1.03 bits per heavy atom. The smallest absolute Gasteiger partial charge is 0.281 e. The average molecular weight is 620 g/mol. The van der Waals surface area contributed by atoms with E-state index in [1.165, 1.54) is 17.0 Å². The van der Waals surface area contributed by atoms with Crippen molar-refractivity contribution in [2.45, 2.75) is 13.5 Å². The van der Waals surface area contributed by atoms with Gasteiger partial charge in [-0.1, -0.05) is 12.1 Å². The van der Waals surface area contributed by atoms with E-state index in [0.717, 1.165) is 16.9 Å². The fraction of sp³-hybridized carbons (Fsp3) is 0.154. The van der Waals surface area contributed by atoms with Crippen LogP contribution in [0.1, 0.15) is 18.1 Å². The SMILES string of the molecule is CCOc1ccc(N2C(=O)/C(=C/c3cc(Br)c(OCc4cccc(F)c4)c(Br)c3)N(C)C2=S)cc1. The molecule has 1 saturated heterocycles. The van der Waals surface area contributed by atoms with Gasteiger partial charge in [0.25, 0.3) is 5.91 Å². The molecule has 5 nitrogen and oxygen atoms in total. The van der Waals surface area contributed by atoms with Gasteiger partial charge in [-0.2, -0.15) is 0 Å². The lowest BCUT2D eigenvalue weighted by molar-refractivity contribution is -0.114. The monoisotopic (exact) mass is 618 g/mol. The molecule has 0 bridgehead atoms. The summed E-state index contributed by atoms with van der Waals surface area (Å²) in [5, 5.41) is 0.388. The number of benzene rings is 3. The van der Waals surface area contributed by atoms with Gasteiger partial charge < -0.3 is 14.4 Å². The van der Waals surface area contributed by atoms with Gasteiger partial charge in [-0.15, -0.1) is 0 Å². The lowest BCUT2D eigenvalue weighted by Crippen LogP contribution is -2.31. The molecule has 0 saturated carbocycles. The van der Waals surface area contributed by atoms with Gasteiger partial charge in [-0.3, -0.25) is 9.69 Å². The number of carbonyl (C=O) groups is 1. The molecule has 0 atom stereocenters. The van der Waals surface area contributed by atoms with E-state index in [1.807, 2.05) is 43.3 Å². The van der Waals surface area contributed by atoms with Crippen molar-refractivity contribution in [3.63, 3.8) is 0 Å². The highest BCUT2D eigenvalue weighted by Gasteiger charge is 2.36. The molecule has 0 radical (unpaired) electrons. The molecule has 3 aromatic carbocycles. The summed E-state index contributed by atoms with van der Waals surface area (Å²) in [5.74, 6) is 0.774. The van der Waals surface area contributed by atoms with E-state index in [-0.39, 0.29) is 18.3 Å². The number of anilines is 1. The minimum absolute atomic E-state index is 0.210. The third-order valence-electron chi connectivity index (χ3n) is 5.26. The molecule has 0 unspecified atom stereocenters. The van der Waals surface area contributed by atoms with Gasteiger partial charge >= 0.3 is 0 Å². The molecule has 35 heavy (non-hydrogen) atoms. The number of rotatable bonds is 7. The van der Waals surface area contributed by atoms with Crippen LogP contribution >= 0.6 is 44.1 Å². The van der Waals surface area contributed by atoms with Crippen molar-refractivity contribution in [3.8, 4) is 11.5 Å². The third-order valence-corrected chi connectivity index (χ3v) is 6.90. The summed E-state index contributed by atoms with van der Waals surface area (Å²) >= 11 is 12.6. The maximum atomic E-state index is 13.4. The Hall–Kier alpha value is -2.75. The largest absolute Gasteiger partial charge is 0.494 e. The molecule has 1 aliphatic rings. The normalized spacial score (nSPS) is 14.7. The molecule has 0 N–H and O–H groups in total.